The number of para-hydroxylation sites is 1. The number of pyridine rings is 1. The zero-order chi connectivity index (χ0) is 37.3. The molecule has 4 unspecified atom stereocenters. The van der Waals surface area contributed by atoms with E-state index in [0.717, 1.165) is 47.0 Å². The SMILES string of the molecule is CC(C)(C)OC(=O)NC1CCCCC/C=C\C2CC2(C(=O)O)NC(=O)C2C[C@@H](n3nnc(-c4cc(-c5ccccc5)nc5ccccc45)n3)CN2C1=O. The first-order chi connectivity index (χ1) is 25.4. The lowest BCUT2D eigenvalue weighted by atomic mass is 10.0. The van der Waals surface area contributed by atoms with Gasteiger partial charge < -0.3 is 25.4 Å². The third-order valence-electron chi connectivity index (χ3n) is 10.1. The van der Waals surface area contributed by atoms with Gasteiger partial charge in [-0.05, 0) is 63.8 Å². The predicted octanol–water partition coefficient (Wildman–Crippen LogP) is 5.07. The molecule has 5 atom stereocenters. The number of nitrogens with one attached hydrogen (secondary N) is 2. The van der Waals surface area contributed by atoms with Crippen LogP contribution in [-0.4, -0.2) is 88.8 Å². The first kappa shape index (κ1) is 35.7. The number of aromatic nitrogens is 5. The van der Waals surface area contributed by atoms with Crippen LogP contribution < -0.4 is 10.6 Å². The molecule has 2 aromatic carbocycles. The quantitative estimate of drug-likeness (QED) is 0.236. The Bertz CT molecular complexity index is 2060. The molecular weight excluding hydrogens is 676 g/mol. The third-order valence-corrected chi connectivity index (χ3v) is 10.1. The molecule has 0 spiro atoms. The number of fused-ring (bicyclic) bond motifs is 3. The highest BCUT2D eigenvalue weighted by molar-refractivity contribution is 5.97. The molecule has 1 saturated heterocycles. The van der Waals surface area contributed by atoms with Gasteiger partial charge >= 0.3 is 12.1 Å². The monoisotopic (exact) mass is 720 g/mol. The first-order valence-corrected chi connectivity index (χ1v) is 18.2. The van der Waals surface area contributed by atoms with Crippen molar-refractivity contribution in [3.05, 3.63) is 72.8 Å². The van der Waals surface area contributed by atoms with E-state index in [2.05, 4.69) is 20.9 Å². The van der Waals surface area contributed by atoms with Crippen molar-refractivity contribution in [1.29, 1.82) is 0 Å². The summed E-state index contributed by atoms with van der Waals surface area (Å²) in [5, 5.41) is 30.2. The predicted molar refractivity (Wildman–Crippen MR) is 195 cm³/mol. The van der Waals surface area contributed by atoms with Crippen LogP contribution in [-0.2, 0) is 19.1 Å². The highest BCUT2D eigenvalue weighted by Crippen LogP contribution is 2.45. The Hall–Kier alpha value is -5.66. The number of hydrogen-bond acceptors (Lipinski definition) is 9. The molecule has 4 heterocycles. The summed E-state index contributed by atoms with van der Waals surface area (Å²) in [7, 11) is 0. The summed E-state index contributed by atoms with van der Waals surface area (Å²) < 4.78 is 5.50. The molecule has 1 aliphatic carbocycles. The number of carbonyl (C=O) groups is 4. The van der Waals surface area contributed by atoms with Gasteiger partial charge in [0.25, 0.3) is 0 Å². The lowest BCUT2D eigenvalue weighted by molar-refractivity contribution is -0.145. The summed E-state index contributed by atoms with van der Waals surface area (Å²) in [5.74, 6) is -2.17. The third kappa shape index (κ3) is 7.62. The van der Waals surface area contributed by atoms with Gasteiger partial charge in [0, 0.05) is 35.4 Å². The van der Waals surface area contributed by atoms with Crippen molar-refractivity contribution < 1.29 is 29.0 Å². The number of ether oxygens (including phenoxy) is 1. The van der Waals surface area contributed by atoms with Crippen molar-refractivity contribution in [2.75, 3.05) is 6.54 Å². The van der Waals surface area contributed by atoms with Gasteiger partial charge in [0.1, 0.15) is 23.2 Å². The number of amides is 3. The lowest BCUT2D eigenvalue weighted by Crippen LogP contribution is -2.56. The average molecular weight is 721 g/mol. The average Bonchev–Trinajstić information content (AvgIpc) is 3.42. The molecule has 3 N–H and O–H groups in total. The van der Waals surface area contributed by atoms with Crippen LogP contribution in [0.4, 0.5) is 4.79 Å². The van der Waals surface area contributed by atoms with Gasteiger partial charge in [-0.2, -0.15) is 4.80 Å². The van der Waals surface area contributed by atoms with Crippen LogP contribution in [0, 0.1) is 5.92 Å². The molecule has 3 amide bonds. The van der Waals surface area contributed by atoms with Crippen LogP contribution in [0.25, 0.3) is 33.5 Å². The fourth-order valence-corrected chi connectivity index (χ4v) is 7.30. The molecular formula is C39H44N8O6. The number of alkyl carbamates (subject to hydrolysis) is 1. The number of nitrogens with zero attached hydrogens (tertiary/aromatic N) is 6. The summed E-state index contributed by atoms with van der Waals surface area (Å²) in [6.07, 6.45) is 6.81. The van der Waals surface area contributed by atoms with E-state index in [0.29, 0.717) is 18.7 Å². The minimum absolute atomic E-state index is 0.0367. The smallest absolute Gasteiger partial charge is 0.408 e. The molecule has 53 heavy (non-hydrogen) atoms. The van der Waals surface area contributed by atoms with Crippen molar-refractivity contribution in [3.8, 4) is 22.6 Å². The van der Waals surface area contributed by atoms with Gasteiger partial charge in [-0.3, -0.25) is 9.59 Å². The van der Waals surface area contributed by atoms with E-state index in [4.69, 9.17) is 14.8 Å². The van der Waals surface area contributed by atoms with Crippen LogP contribution in [0.5, 0.6) is 0 Å². The summed E-state index contributed by atoms with van der Waals surface area (Å²) in [5.41, 5.74) is 0.919. The van der Waals surface area contributed by atoms with Crippen LogP contribution >= 0.6 is 0 Å². The number of carbonyl (C=O) groups excluding carboxylic acids is 3. The largest absolute Gasteiger partial charge is 0.479 e. The van der Waals surface area contributed by atoms with Gasteiger partial charge in [0.2, 0.25) is 17.6 Å². The number of aliphatic carboxylic acids is 1. The molecule has 7 rings (SSSR count). The number of carboxylic acids is 1. The first-order valence-electron chi connectivity index (χ1n) is 18.2. The van der Waals surface area contributed by atoms with E-state index in [1.807, 2.05) is 72.8 Å². The van der Waals surface area contributed by atoms with Crippen LogP contribution in [0.15, 0.2) is 72.8 Å². The highest BCUT2D eigenvalue weighted by Gasteiger charge is 2.61. The van der Waals surface area contributed by atoms with E-state index in [1.54, 1.807) is 20.8 Å². The minimum atomic E-state index is -1.45. The summed E-state index contributed by atoms with van der Waals surface area (Å²) in [4.78, 5) is 61.7. The van der Waals surface area contributed by atoms with Gasteiger partial charge in [-0.15, -0.1) is 10.2 Å². The van der Waals surface area contributed by atoms with E-state index >= 15 is 0 Å². The van der Waals surface area contributed by atoms with E-state index in [9.17, 15) is 24.3 Å². The Kier molecular flexibility index (Phi) is 9.71. The van der Waals surface area contributed by atoms with E-state index in [-0.39, 0.29) is 25.3 Å². The Balaban J connectivity index is 1.22. The van der Waals surface area contributed by atoms with Crippen LogP contribution in [0.1, 0.15) is 71.8 Å². The zero-order valence-corrected chi connectivity index (χ0v) is 30.1. The van der Waals surface area contributed by atoms with Crippen LogP contribution in [0.3, 0.4) is 0 Å². The molecule has 14 nitrogen and oxygen atoms in total. The molecule has 3 aliphatic rings. The maximum Gasteiger partial charge on any atom is 0.408 e. The highest BCUT2D eigenvalue weighted by atomic mass is 16.6. The molecule has 2 aromatic heterocycles. The van der Waals surface area contributed by atoms with Crippen molar-refractivity contribution in [2.45, 2.75) is 95.0 Å². The number of rotatable bonds is 5. The number of allylic oxidation sites excluding steroid dienone is 1. The molecule has 1 saturated carbocycles. The fourth-order valence-electron chi connectivity index (χ4n) is 7.30. The van der Waals surface area contributed by atoms with E-state index < -0.39 is 53.1 Å². The van der Waals surface area contributed by atoms with E-state index in [1.165, 1.54) is 9.70 Å². The number of carboxylic acid groups (broad SMARTS) is 1. The number of benzene rings is 2. The Morgan fingerprint density at radius 1 is 1.04 bits per heavy atom. The maximum absolute atomic E-state index is 14.4. The van der Waals surface area contributed by atoms with Gasteiger partial charge in [-0.1, -0.05) is 73.5 Å². The summed E-state index contributed by atoms with van der Waals surface area (Å²) in [6.45, 7) is 5.26. The second kappa shape index (κ2) is 14.4. The Morgan fingerprint density at radius 3 is 2.58 bits per heavy atom. The van der Waals surface area contributed by atoms with Gasteiger partial charge in [-0.25, -0.2) is 14.6 Å². The minimum Gasteiger partial charge on any atom is -0.479 e. The fraction of sp³-hybridized carbons (Fsp3) is 0.436. The van der Waals surface area contributed by atoms with Crippen molar-refractivity contribution in [2.24, 2.45) is 5.92 Å². The summed E-state index contributed by atoms with van der Waals surface area (Å²) >= 11 is 0. The molecule has 0 bridgehead atoms. The molecule has 4 aromatic rings. The second-order valence-electron chi connectivity index (χ2n) is 15.1. The topological polar surface area (TPSA) is 182 Å². The lowest BCUT2D eigenvalue weighted by Gasteiger charge is -2.30. The number of hydrogen-bond donors (Lipinski definition) is 3. The Labute approximate surface area is 307 Å². The van der Waals surface area contributed by atoms with Crippen molar-refractivity contribution >= 4 is 34.8 Å². The van der Waals surface area contributed by atoms with Crippen molar-refractivity contribution in [1.82, 2.24) is 40.7 Å². The Morgan fingerprint density at radius 2 is 1.81 bits per heavy atom. The molecule has 276 valence electrons. The molecule has 0 radical (unpaired) electrons. The zero-order valence-electron chi connectivity index (χ0n) is 30.1. The van der Waals surface area contributed by atoms with Crippen molar-refractivity contribution in [3.63, 3.8) is 0 Å². The molecule has 2 fully saturated rings. The standard InChI is InChI=1S/C39H44N8O6/c1-38(2,3)53-37(52)41-30-19-11-6-4-5-10-16-25-22-39(25,36(50)51)42-34(48)32-20-26(23-46(32)35(30)49)47-44-33(43-45-47)28-21-31(24-14-8-7-9-15-24)40-29-18-13-12-17-27(28)29/h7-10,12-18,21,25-26,30,32H,4-6,11,19-20,22-23H2,1-3H3,(H,41,52)(H,42,48)(H,50,51)/b16-10-/t25?,26-,30?,32?,39?/m1/s1. The molecule has 14 heteroatoms. The van der Waals surface area contributed by atoms with Gasteiger partial charge in [0.15, 0.2) is 0 Å². The van der Waals surface area contributed by atoms with Gasteiger partial charge in [0.05, 0.1) is 17.3 Å². The number of tetrazole rings is 1. The molecule has 2 aliphatic heterocycles. The summed E-state index contributed by atoms with van der Waals surface area (Å²) in [6, 6.07) is 16.8. The van der Waals surface area contributed by atoms with Crippen LogP contribution in [0.2, 0.25) is 0 Å². The second-order valence-corrected chi connectivity index (χ2v) is 15.1. The normalized spacial score (nSPS) is 25.7. The maximum atomic E-state index is 14.4.